The number of rotatable bonds is 6. The third-order valence-corrected chi connectivity index (χ3v) is 5.51. The number of nitrogens with zero attached hydrogens (tertiary/aromatic N) is 2. The maximum atomic E-state index is 12.8. The maximum absolute atomic E-state index is 12.8. The molecule has 6 nitrogen and oxygen atoms in total. The Bertz CT molecular complexity index is 1280. The molecule has 2 heterocycles. The number of hydrogen-bond acceptors (Lipinski definition) is 5. The first-order valence-electron chi connectivity index (χ1n) is 10.0. The van der Waals surface area contributed by atoms with E-state index < -0.39 is 11.2 Å². The van der Waals surface area contributed by atoms with E-state index in [0.717, 1.165) is 17.7 Å². The van der Waals surface area contributed by atoms with Crippen molar-refractivity contribution in [2.45, 2.75) is 25.7 Å². The minimum absolute atomic E-state index is 0.152. The Labute approximate surface area is 172 Å². The lowest BCUT2D eigenvalue weighted by Gasteiger charge is -2.09. The van der Waals surface area contributed by atoms with Gasteiger partial charge >= 0.3 is 0 Å². The summed E-state index contributed by atoms with van der Waals surface area (Å²) in [5.74, 6) is 0.414. The molecule has 4 aromatic rings. The van der Waals surface area contributed by atoms with Gasteiger partial charge in [-0.05, 0) is 67.1 Å². The third kappa shape index (κ3) is 3.52. The summed E-state index contributed by atoms with van der Waals surface area (Å²) in [6.45, 7) is 0. The van der Waals surface area contributed by atoms with Gasteiger partial charge in [0, 0.05) is 35.8 Å². The van der Waals surface area contributed by atoms with Gasteiger partial charge in [0.2, 0.25) is 11.2 Å². The first kappa shape index (κ1) is 18.4. The molecule has 0 amide bonds. The van der Waals surface area contributed by atoms with E-state index in [1.807, 2.05) is 29.0 Å². The van der Waals surface area contributed by atoms with Gasteiger partial charge in [-0.25, -0.2) is 4.98 Å². The zero-order valence-electron chi connectivity index (χ0n) is 16.3. The van der Waals surface area contributed by atoms with Gasteiger partial charge in [0.1, 0.15) is 5.58 Å². The van der Waals surface area contributed by atoms with E-state index in [0.29, 0.717) is 34.6 Å². The molecule has 0 aliphatic heterocycles. The molecule has 1 aliphatic rings. The van der Waals surface area contributed by atoms with Gasteiger partial charge in [0.25, 0.3) is 0 Å². The van der Waals surface area contributed by atoms with Gasteiger partial charge < -0.3 is 19.5 Å². The molecule has 150 valence electrons. The van der Waals surface area contributed by atoms with Gasteiger partial charge in [-0.3, -0.25) is 4.79 Å². The van der Waals surface area contributed by atoms with Crippen molar-refractivity contribution in [3.8, 4) is 22.8 Å². The summed E-state index contributed by atoms with van der Waals surface area (Å²) >= 11 is 0. The lowest BCUT2D eigenvalue weighted by Crippen LogP contribution is -2.06. The first-order chi connectivity index (χ1) is 14.6. The summed E-state index contributed by atoms with van der Waals surface area (Å²) in [4.78, 5) is 16.9. The second kappa shape index (κ2) is 7.30. The number of aromatic nitrogens is 2. The average molecular weight is 399 g/mol. The molecule has 0 radical (unpaired) electrons. The summed E-state index contributed by atoms with van der Waals surface area (Å²) < 4.78 is 7.77. The Morgan fingerprint density at radius 1 is 1.20 bits per heavy atom. The molecule has 30 heavy (non-hydrogen) atoms. The fraction of sp³-hybridized carbons (Fsp3) is 0.208. The fourth-order valence-corrected chi connectivity index (χ4v) is 3.72. The molecular formula is C24H21N3O3. The number of aromatic hydroxyl groups is 1. The lowest BCUT2D eigenvalue weighted by molar-refractivity contribution is 0.449. The van der Waals surface area contributed by atoms with Crippen LogP contribution >= 0.6 is 0 Å². The Kier molecular flexibility index (Phi) is 4.47. The molecule has 5 rings (SSSR count). The molecule has 1 fully saturated rings. The van der Waals surface area contributed by atoms with Crippen LogP contribution in [0.3, 0.4) is 0 Å². The van der Waals surface area contributed by atoms with E-state index in [9.17, 15) is 9.90 Å². The molecule has 0 spiro atoms. The van der Waals surface area contributed by atoms with Crippen LogP contribution in [0.1, 0.15) is 24.8 Å². The first-order valence-corrected chi connectivity index (χ1v) is 10.0. The minimum atomic E-state index is -0.458. The van der Waals surface area contributed by atoms with Crippen LogP contribution in [-0.2, 0) is 6.42 Å². The van der Waals surface area contributed by atoms with E-state index in [1.165, 1.54) is 12.8 Å². The van der Waals surface area contributed by atoms with Crippen molar-refractivity contribution in [1.82, 2.24) is 9.55 Å². The standard InChI is InChI=1S/C24H21N3O3/c25-18(11-15-1-2-15)12-16-3-8-21-20(13-16)22(28)23(29)24(30-21)17-4-6-19(7-5-17)27-10-9-26-14-27/h3-10,13-15,25,29H,1-2,11-12H2. The van der Waals surface area contributed by atoms with Crippen LogP contribution in [0.25, 0.3) is 28.0 Å². The SMILES string of the molecule is N=C(Cc1ccc2oc(-c3ccc(-n4ccnc4)cc3)c(O)c(=O)c2c1)CC1CC1. The molecule has 1 saturated carbocycles. The summed E-state index contributed by atoms with van der Waals surface area (Å²) in [7, 11) is 0. The average Bonchev–Trinajstić information content (AvgIpc) is 3.39. The Balaban J connectivity index is 1.47. The lowest BCUT2D eigenvalue weighted by atomic mass is 10.0. The van der Waals surface area contributed by atoms with Crippen molar-refractivity contribution in [3.63, 3.8) is 0 Å². The highest BCUT2D eigenvalue weighted by Gasteiger charge is 2.23. The Hall–Kier alpha value is -3.67. The molecule has 0 atom stereocenters. The second-order valence-corrected chi connectivity index (χ2v) is 7.88. The van der Waals surface area contributed by atoms with Crippen LogP contribution in [0.2, 0.25) is 0 Å². The molecule has 6 heteroatoms. The van der Waals surface area contributed by atoms with Crippen LogP contribution < -0.4 is 5.43 Å². The normalized spacial score (nSPS) is 13.6. The van der Waals surface area contributed by atoms with Gasteiger partial charge in [-0.2, -0.15) is 0 Å². The number of fused-ring (bicyclic) bond motifs is 1. The quantitative estimate of drug-likeness (QED) is 0.459. The van der Waals surface area contributed by atoms with Crippen molar-refractivity contribution in [2.24, 2.45) is 5.92 Å². The van der Waals surface area contributed by atoms with Crippen molar-refractivity contribution >= 4 is 16.7 Å². The summed E-state index contributed by atoms with van der Waals surface area (Å²) in [5.41, 5.74) is 3.06. The van der Waals surface area contributed by atoms with E-state index in [-0.39, 0.29) is 5.76 Å². The molecular weight excluding hydrogens is 378 g/mol. The number of imidazole rings is 1. The molecule has 2 aromatic heterocycles. The van der Waals surface area contributed by atoms with Crippen molar-refractivity contribution < 1.29 is 9.52 Å². The van der Waals surface area contributed by atoms with Gasteiger partial charge in [0.05, 0.1) is 11.7 Å². The van der Waals surface area contributed by atoms with E-state index in [1.54, 1.807) is 36.8 Å². The minimum Gasteiger partial charge on any atom is -0.502 e. The molecule has 0 bridgehead atoms. The Morgan fingerprint density at radius 2 is 2.00 bits per heavy atom. The van der Waals surface area contributed by atoms with Crippen LogP contribution in [0.15, 0.2) is 70.4 Å². The van der Waals surface area contributed by atoms with Gasteiger partial charge in [0.15, 0.2) is 5.76 Å². The zero-order chi connectivity index (χ0) is 20.7. The number of nitrogens with one attached hydrogen (secondary N) is 1. The highest BCUT2D eigenvalue weighted by atomic mass is 16.4. The monoisotopic (exact) mass is 399 g/mol. The molecule has 0 unspecified atom stereocenters. The molecule has 2 aromatic carbocycles. The van der Waals surface area contributed by atoms with Crippen LogP contribution in [-0.4, -0.2) is 20.4 Å². The van der Waals surface area contributed by atoms with Gasteiger partial charge in [-0.1, -0.05) is 6.07 Å². The number of benzene rings is 2. The maximum Gasteiger partial charge on any atom is 0.235 e. The summed E-state index contributed by atoms with van der Waals surface area (Å²) in [6, 6.07) is 12.7. The van der Waals surface area contributed by atoms with Gasteiger partial charge in [-0.15, -0.1) is 0 Å². The van der Waals surface area contributed by atoms with Crippen molar-refractivity contribution in [3.05, 3.63) is 77.0 Å². The summed E-state index contributed by atoms with van der Waals surface area (Å²) in [6.07, 6.45) is 9.00. The van der Waals surface area contributed by atoms with E-state index in [4.69, 9.17) is 9.83 Å². The predicted molar refractivity (Wildman–Crippen MR) is 115 cm³/mol. The largest absolute Gasteiger partial charge is 0.502 e. The Morgan fingerprint density at radius 3 is 2.70 bits per heavy atom. The fourth-order valence-electron chi connectivity index (χ4n) is 3.72. The molecule has 1 aliphatic carbocycles. The zero-order valence-corrected chi connectivity index (χ0v) is 16.3. The molecule has 2 N–H and O–H groups in total. The number of hydrogen-bond donors (Lipinski definition) is 2. The van der Waals surface area contributed by atoms with E-state index in [2.05, 4.69) is 4.98 Å². The van der Waals surface area contributed by atoms with Crippen molar-refractivity contribution in [2.75, 3.05) is 0 Å². The smallest absolute Gasteiger partial charge is 0.235 e. The molecule has 0 saturated heterocycles. The van der Waals surface area contributed by atoms with Crippen LogP contribution in [0.4, 0.5) is 0 Å². The third-order valence-electron chi connectivity index (χ3n) is 5.51. The second-order valence-electron chi connectivity index (χ2n) is 7.88. The highest BCUT2D eigenvalue weighted by molar-refractivity contribution is 5.87. The van der Waals surface area contributed by atoms with Crippen LogP contribution in [0, 0.1) is 11.3 Å². The topological polar surface area (TPSA) is 92.1 Å². The van der Waals surface area contributed by atoms with Crippen molar-refractivity contribution in [1.29, 1.82) is 5.41 Å². The van der Waals surface area contributed by atoms with E-state index >= 15 is 0 Å². The predicted octanol–water partition coefficient (Wildman–Crippen LogP) is 4.71. The summed E-state index contributed by atoms with van der Waals surface area (Å²) in [5, 5.41) is 19.0. The highest BCUT2D eigenvalue weighted by Crippen LogP contribution is 2.33. The van der Waals surface area contributed by atoms with Crippen LogP contribution in [0.5, 0.6) is 5.75 Å².